The van der Waals surface area contributed by atoms with Crippen molar-refractivity contribution in [1.29, 1.82) is 0 Å². The lowest BCUT2D eigenvalue weighted by molar-refractivity contribution is -0.135. The smallest absolute Gasteiger partial charge is 0.225 e. The van der Waals surface area contributed by atoms with Gasteiger partial charge in [0.15, 0.2) is 0 Å². The molecule has 2 N–H and O–H groups in total. The van der Waals surface area contributed by atoms with Crippen LogP contribution in [0.5, 0.6) is 0 Å². The highest BCUT2D eigenvalue weighted by Gasteiger charge is 2.26. The van der Waals surface area contributed by atoms with Gasteiger partial charge in [-0.15, -0.1) is 0 Å². The van der Waals surface area contributed by atoms with E-state index in [-0.39, 0.29) is 5.92 Å². The molecule has 1 aliphatic rings. The van der Waals surface area contributed by atoms with Crippen LogP contribution < -0.4 is 5.73 Å². The summed E-state index contributed by atoms with van der Waals surface area (Å²) in [4.78, 5) is 16.0. The van der Waals surface area contributed by atoms with E-state index in [2.05, 4.69) is 4.90 Å². The molecule has 0 spiro atoms. The summed E-state index contributed by atoms with van der Waals surface area (Å²) >= 11 is 0. The molecule has 1 aliphatic carbocycles. The van der Waals surface area contributed by atoms with E-state index in [1.54, 1.807) is 0 Å². The molecule has 0 heterocycles. The van der Waals surface area contributed by atoms with E-state index in [1.165, 1.54) is 0 Å². The molecule has 0 unspecified atom stereocenters. The Labute approximate surface area is 98.8 Å². The Balaban J connectivity index is 2.32. The minimum Gasteiger partial charge on any atom is -0.344 e. The molecule has 0 atom stereocenters. The quantitative estimate of drug-likeness (QED) is 0.762. The van der Waals surface area contributed by atoms with Gasteiger partial charge in [0.2, 0.25) is 5.91 Å². The average Bonchev–Trinajstić information content (AvgIpc) is 2.26. The molecule has 4 nitrogen and oxygen atoms in total. The van der Waals surface area contributed by atoms with Crippen LogP contribution in [0.15, 0.2) is 0 Å². The maximum absolute atomic E-state index is 12.1. The number of nitrogens with two attached hydrogens (primary N) is 1. The van der Waals surface area contributed by atoms with Gasteiger partial charge in [-0.2, -0.15) is 0 Å². The topological polar surface area (TPSA) is 49.6 Å². The fourth-order valence-electron chi connectivity index (χ4n) is 2.14. The van der Waals surface area contributed by atoms with Crippen molar-refractivity contribution < 1.29 is 4.79 Å². The van der Waals surface area contributed by atoms with Gasteiger partial charge in [0.1, 0.15) is 0 Å². The molecule has 1 fully saturated rings. The van der Waals surface area contributed by atoms with Crippen LogP contribution in [0.1, 0.15) is 25.7 Å². The van der Waals surface area contributed by atoms with Gasteiger partial charge >= 0.3 is 0 Å². The second-order valence-electron chi connectivity index (χ2n) is 5.17. The zero-order valence-electron chi connectivity index (χ0n) is 10.8. The standard InChI is InChI=1S/C12H25N3O/c1-14(2)8-9-15(3)12(16)10-4-6-11(13)7-5-10/h10-11H,4-9,13H2,1-3H3. The molecule has 0 aromatic heterocycles. The zero-order chi connectivity index (χ0) is 12.1. The predicted molar refractivity (Wildman–Crippen MR) is 66.1 cm³/mol. The van der Waals surface area contributed by atoms with E-state index < -0.39 is 0 Å². The van der Waals surface area contributed by atoms with Crippen molar-refractivity contribution in [1.82, 2.24) is 9.80 Å². The molecule has 0 radical (unpaired) electrons. The molecule has 16 heavy (non-hydrogen) atoms. The number of hydrogen-bond acceptors (Lipinski definition) is 3. The second kappa shape index (κ2) is 6.21. The average molecular weight is 227 g/mol. The highest BCUT2D eigenvalue weighted by molar-refractivity contribution is 5.78. The van der Waals surface area contributed by atoms with Crippen molar-refractivity contribution in [3.05, 3.63) is 0 Å². The zero-order valence-corrected chi connectivity index (χ0v) is 10.8. The summed E-state index contributed by atoms with van der Waals surface area (Å²) in [7, 11) is 5.95. The van der Waals surface area contributed by atoms with Gasteiger partial charge in [-0.1, -0.05) is 0 Å². The molecular formula is C12H25N3O. The molecule has 1 saturated carbocycles. The van der Waals surface area contributed by atoms with Crippen molar-refractivity contribution in [2.75, 3.05) is 34.2 Å². The Morgan fingerprint density at radius 1 is 1.12 bits per heavy atom. The second-order valence-corrected chi connectivity index (χ2v) is 5.17. The van der Waals surface area contributed by atoms with E-state index in [4.69, 9.17) is 5.73 Å². The number of hydrogen-bond donors (Lipinski definition) is 1. The van der Waals surface area contributed by atoms with E-state index in [9.17, 15) is 4.79 Å². The van der Waals surface area contributed by atoms with Gasteiger partial charge in [-0.25, -0.2) is 0 Å². The summed E-state index contributed by atoms with van der Waals surface area (Å²) in [6, 6.07) is 0.316. The summed E-state index contributed by atoms with van der Waals surface area (Å²) in [6.45, 7) is 1.74. The van der Waals surface area contributed by atoms with Crippen LogP contribution in [-0.4, -0.2) is 56.0 Å². The molecule has 0 aliphatic heterocycles. The SMILES string of the molecule is CN(C)CCN(C)C(=O)C1CCC(N)CC1. The number of rotatable bonds is 4. The first-order valence-corrected chi connectivity index (χ1v) is 6.16. The van der Waals surface area contributed by atoms with Gasteiger partial charge in [0.25, 0.3) is 0 Å². The van der Waals surface area contributed by atoms with Crippen LogP contribution in [0.2, 0.25) is 0 Å². The lowest BCUT2D eigenvalue weighted by atomic mass is 9.85. The van der Waals surface area contributed by atoms with Crippen LogP contribution in [0.3, 0.4) is 0 Å². The van der Waals surface area contributed by atoms with Crippen LogP contribution in [0.25, 0.3) is 0 Å². The van der Waals surface area contributed by atoms with Gasteiger partial charge in [-0.05, 0) is 39.8 Å². The van der Waals surface area contributed by atoms with Crippen LogP contribution in [0.4, 0.5) is 0 Å². The summed E-state index contributed by atoms with van der Waals surface area (Å²) in [6.07, 6.45) is 3.93. The molecule has 0 saturated heterocycles. The van der Waals surface area contributed by atoms with Crippen molar-refractivity contribution >= 4 is 5.91 Å². The Morgan fingerprint density at radius 2 is 1.69 bits per heavy atom. The van der Waals surface area contributed by atoms with Crippen molar-refractivity contribution in [2.45, 2.75) is 31.7 Å². The lowest BCUT2D eigenvalue weighted by Crippen LogP contribution is -2.40. The van der Waals surface area contributed by atoms with Crippen LogP contribution in [0, 0.1) is 5.92 Å². The van der Waals surface area contributed by atoms with E-state index in [0.717, 1.165) is 38.8 Å². The fraction of sp³-hybridized carbons (Fsp3) is 0.917. The molecule has 94 valence electrons. The molecule has 4 heteroatoms. The molecule has 0 aromatic carbocycles. The maximum atomic E-state index is 12.1. The van der Waals surface area contributed by atoms with Gasteiger partial charge in [0.05, 0.1) is 0 Å². The number of carbonyl (C=O) groups excluding carboxylic acids is 1. The largest absolute Gasteiger partial charge is 0.344 e. The monoisotopic (exact) mass is 227 g/mol. The third kappa shape index (κ3) is 4.10. The molecule has 1 rings (SSSR count). The van der Waals surface area contributed by atoms with Crippen molar-refractivity contribution in [3.8, 4) is 0 Å². The first-order valence-electron chi connectivity index (χ1n) is 6.16. The number of likely N-dealkylation sites (N-methyl/N-ethyl adjacent to an activating group) is 2. The third-order valence-corrected chi connectivity index (χ3v) is 3.38. The molecular weight excluding hydrogens is 202 g/mol. The summed E-state index contributed by atoms with van der Waals surface area (Å²) in [5, 5.41) is 0. The lowest BCUT2D eigenvalue weighted by Gasteiger charge is -2.29. The molecule has 0 bridgehead atoms. The number of carbonyl (C=O) groups is 1. The Kier molecular flexibility index (Phi) is 5.22. The fourth-order valence-corrected chi connectivity index (χ4v) is 2.14. The Hall–Kier alpha value is -0.610. The first-order chi connectivity index (χ1) is 7.50. The molecule has 1 amide bonds. The van der Waals surface area contributed by atoms with E-state index in [0.29, 0.717) is 11.9 Å². The third-order valence-electron chi connectivity index (χ3n) is 3.38. The first kappa shape index (κ1) is 13.5. The van der Waals surface area contributed by atoms with Gasteiger partial charge in [0, 0.05) is 32.1 Å². The van der Waals surface area contributed by atoms with Crippen LogP contribution in [-0.2, 0) is 4.79 Å². The summed E-state index contributed by atoms with van der Waals surface area (Å²) in [5.74, 6) is 0.515. The molecule has 0 aromatic rings. The van der Waals surface area contributed by atoms with Crippen LogP contribution >= 0.6 is 0 Å². The summed E-state index contributed by atoms with van der Waals surface area (Å²) < 4.78 is 0. The number of nitrogens with zero attached hydrogens (tertiary/aromatic N) is 2. The minimum atomic E-state index is 0.215. The van der Waals surface area contributed by atoms with Crippen molar-refractivity contribution in [3.63, 3.8) is 0 Å². The normalized spacial score (nSPS) is 25.8. The minimum absolute atomic E-state index is 0.215. The number of amides is 1. The maximum Gasteiger partial charge on any atom is 0.225 e. The highest BCUT2D eigenvalue weighted by Crippen LogP contribution is 2.24. The Bertz CT molecular complexity index is 222. The predicted octanol–water partition coefficient (Wildman–Crippen LogP) is 0.524. The van der Waals surface area contributed by atoms with E-state index in [1.807, 2.05) is 26.0 Å². The van der Waals surface area contributed by atoms with Crippen molar-refractivity contribution in [2.24, 2.45) is 11.7 Å². The summed E-state index contributed by atoms with van der Waals surface area (Å²) in [5.41, 5.74) is 5.84. The highest BCUT2D eigenvalue weighted by atomic mass is 16.2. The van der Waals surface area contributed by atoms with Gasteiger partial charge in [-0.3, -0.25) is 4.79 Å². The Morgan fingerprint density at radius 3 is 2.19 bits per heavy atom. The van der Waals surface area contributed by atoms with Gasteiger partial charge < -0.3 is 15.5 Å². The van der Waals surface area contributed by atoms with E-state index >= 15 is 0 Å².